The van der Waals surface area contributed by atoms with Crippen molar-refractivity contribution < 1.29 is 18.0 Å². The van der Waals surface area contributed by atoms with Crippen LogP contribution in [0.15, 0.2) is 12.1 Å². The number of amides is 1. The number of aryl methyl sites for hydroxylation is 1. The van der Waals surface area contributed by atoms with Gasteiger partial charge in [0.1, 0.15) is 0 Å². The van der Waals surface area contributed by atoms with E-state index in [0.29, 0.717) is 17.7 Å². The van der Waals surface area contributed by atoms with Crippen LogP contribution in [-0.2, 0) is 17.4 Å². The molecule has 1 rings (SSSR count). The van der Waals surface area contributed by atoms with Gasteiger partial charge in [0, 0.05) is 12.6 Å². The molecule has 1 aromatic rings. The van der Waals surface area contributed by atoms with E-state index < -0.39 is 16.8 Å². The number of hydrogen-bond donors (Lipinski definition) is 1. The van der Waals surface area contributed by atoms with E-state index in [9.17, 15) is 18.0 Å². The van der Waals surface area contributed by atoms with Crippen molar-refractivity contribution in [2.75, 3.05) is 5.32 Å². The van der Waals surface area contributed by atoms with Gasteiger partial charge in [0.05, 0.1) is 10.6 Å². The highest BCUT2D eigenvalue weighted by Gasteiger charge is 2.33. The monoisotopic (exact) mass is 265 g/mol. The largest absolute Gasteiger partial charge is 0.417 e. The highest BCUT2D eigenvalue weighted by molar-refractivity contribution is 6.31. The molecule has 0 bridgehead atoms. The highest BCUT2D eigenvalue weighted by atomic mass is 35.5. The number of halogens is 4. The molecule has 0 aliphatic rings. The fourth-order valence-electron chi connectivity index (χ4n) is 1.43. The van der Waals surface area contributed by atoms with E-state index in [0.717, 1.165) is 12.1 Å². The minimum Gasteiger partial charge on any atom is -0.326 e. The van der Waals surface area contributed by atoms with E-state index in [1.807, 2.05) is 0 Å². The lowest BCUT2D eigenvalue weighted by Crippen LogP contribution is -2.11. The summed E-state index contributed by atoms with van der Waals surface area (Å²) in [5.74, 6) is -0.351. The molecule has 0 atom stereocenters. The Balaban J connectivity index is 3.29. The maximum Gasteiger partial charge on any atom is 0.417 e. The Morgan fingerprint density at radius 1 is 1.41 bits per heavy atom. The molecule has 1 amide bonds. The molecular formula is C11H11ClF3NO. The van der Waals surface area contributed by atoms with Crippen molar-refractivity contribution in [1.82, 2.24) is 0 Å². The van der Waals surface area contributed by atoms with Crippen molar-refractivity contribution in [2.45, 2.75) is 26.4 Å². The number of rotatable bonds is 2. The maximum absolute atomic E-state index is 12.6. The first-order chi connectivity index (χ1) is 7.75. The van der Waals surface area contributed by atoms with Crippen LogP contribution >= 0.6 is 11.6 Å². The Morgan fingerprint density at radius 3 is 2.41 bits per heavy atom. The quantitative estimate of drug-likeness (QED) is 0.864. The molecule has 0 saturated carbocycles. The molecule has 6 heteroatoms. The molecule has 0 saturated heterocycles. The summed E-state index contributed by atoms with van der Waals surface area (Å²) in [6.45, 7) is 2.99. The van der Waals surface area contributed by atoms with Crippen LogP contribution in [0, 0.1) is 0 Å². The zero-order valence-electron chi connectivity index (χ0n) is 9.28. The second-order valence-electron chi connectivity index (χ2n) is 3.52. The second-order valence-corrected chi connectivity index (χ2v) is 3.93. The molecule has 0 heterocycles. The average Bonchev–Trinajstić information content (AvgIpc) is 2.14. The molecule has 0 radical (unpaired) electrons. The van der Waals surface area contributed by atoms with E-state index in [2.05, 4.69) is 5.32 Å². The van der Waals surface area contributed by atoms with Gasteiger partial charge in [-0.1, -0.05) is 18.5 Å². The number of carbonyl (C=O) groups excluding carboxylic acids is 1. The fraction of sp³-hybridized carbons (Fsp3) is 0.364. The van der Waals surface area contributed by atoms with Crippen LogP contribution in [0.2, 0.25) is 5.02 Å². The van der Waals surface area contributed by atoms with Crippen molar-refractivity contribution in [2.24, 2.45) is 0 Å². The van der Waals surface area contributed by atoms with Crippen LogP contribution in [0.25, 0.3) is 0 Å². The van der Waals surface area contributed by atoms with Crippen LogP contribution in [0.1, 0.15) is 25.0 Å². The summed E-state index contributed by atoms with van der Waals surface area (Å²) in [6.07, 6.45) is -4.12. The summed E-state index contributed by atoms with van der Waals surface area (Å²) in [7, 11) is 0. The molecule has 1 N–H and O–H groups in total. The summed E-state index contributed by atoms with van der Waals surface area (Å²) in [4.78, 5) is 10.9. The molecule has 17 heavy (non-hydrogen) atoms. The van der Waals surface area contributed by atoms with Crippen LogP contribution < -0.4 is 5.32 Å². The first-order valence-corrected chi connectivity index (χ1v) is 5.30. The number of carbonyl (C=O) groups is 1. The summed E-state index contributed by atoms with van der Waals surface area (Å²) in [6, 6.07) is 2.10. The van der Waals surface area contributed by atoms with Crippen molar-refractivity contribution >= 4 is 23.2 Å². The van der Waals surface area contributed by atoms with E-state index in [1.165, 1.54) is 6.92 Å². The van der Waals surface area contributed by atoms with E-state index in [1.54, 1.807) is 6.92 Å². The average molecular weight is 266 g/mol. The summed E-state index contributed by atoms with van der Waals surface area (Å²) < 4.78 is 37.8. The summed E-state index contributed by atoms with van der Waals surface area (Å²) >= 11 is 5.56. The maximum atomic E-state index is 12.6. The van der Waals surface area contributed by atoms with Gasteiger partial charge >= 0.3 is 6.18 Å². The third-order valence-electron chi connectivity index (χ3n) is 2.19. The van der Waals surface area contributed by atoms with Gasteiger partial charge in [-0.2, -0.15) is 13.2 Å². The molecule has 0 aliphatic carbocycles. The molecule has 0 aromatic heterocycles. The summed E-state index contributed by atoms with van der Waals surface area (Å²) in [5, 5.41) is 2.03. The molecule has 2 nitrogen and oxygen atoms in total. The Kier molecular flexibility index (Phi) is 4.03. The van der Waals surface area contributed by atoms with Gasteiger partial charge in [-0.05, 0) is 24.1 Å². The number of benzene rings is 1. The zero-order chi connectivity index (χ0) is 13.2. The molecule has 94 valence electrons. The van der Waals surface area contributed by atoms with E-state index >= 15 is 0 Å². The van der Waals surface area contributed by atoms with Gasteiger partial charge in [-0.3, -0.25) is 4.79 Å². The highest BCUT2D eigenvalue weighted by Crippen LogP contribution is 2.37. The molecule has 0 unspecified atom stereocenters. The smallest absolute Gasteiger partial charge is 0.326 e. The van der Waals surface area contributed by atoms with Gasteiger partial charge in [0.15, 0.2) is 0 Å². The third-order valence-corrected chi connectivity index (χ3v) is 2.50. The van der Waals surface area contributed by atoms with Crippen molar-refractivity contribution in [3.8, 4) is 0 Å². The third kappa shape index (κ3) is 3.36. The lowest BCUT2D eigenvalue weighted by Gasteiger charge is -2.14. The number of nitrogens with one attached hydrogen (secondary N) is 1. The lowest BCUT2D eigenvalue weighted by atomic mass is 10.1. The molecular weight excluding hydrogens is 255 g/mol. The SMILES string of the molecule is CCc1cc(C(F)(F)F)c(Cl)cc1NC(C)=O. The zero-order valence-corrected chi connectivity index (χ0v) is 10.0. The lowest BCUT2D eigenvalue weighted by molar-refractivity contribution is -0.137. The van der Waals surface area contributed by atoms with E-state index in [4.69, 9.17) is 11.6 Å². The molecule has 1 aromatic carbocycles. The molecule has 0 aliphatic heterocycles. The number of alkyl halides is 3. The van der Waals surface area contributed by atoms with Gasteiger partial charge < -0.3 is 5.32 Å². The Hall–Kier alpha value is -1.23. The Labute approximate surface area is 102 Å². The van der Waals surface area contributed by atoms with Crippen molar-refractivity contribution in [1.29, 1.82) is 0 Å². The van der Waals surface area contributed by atoms with Crippen LogP contribution in [-0.4, -0.2) is 5.91 Å². The minimum absolute atomic E-state index is 0.318. The predicted octanol–water partition coefficient (Wildman–Crippen LogP) is 3.88. The topological polar surface area (TPSA) is 29.1 Å². The van der Waals surface area contributed by atoms with Crippen molar-refractivity contribution in [3.05, 3.63) is 28.3 Å². The molecule has 0 fully saturated rings. The normalized spacial score (nSPS) is 11.4. The van der Waals surface area contributed by atoms with Gasteiger partial charge in [-0.15, -0.1) is 0 Å². The number of hydrogen-bond acceptors (Lipinski definition) is 1. The van der Waals surface area contributed by atoms with Crippen LogP contribution in [0.3, 0.4) is 0 Å². The first-order valence-electron chi connectivity index (χ1n) is 4.93. The van der Waals surface area contributed by atoms with Crippen LogP contribution in [0.5, 0.6) is 0 Å². The van der Waals surface area contributed by atoms with E-state index in [-0.39, 0.29) is 5.91 Å². The minimum atomic E-state index is -4.49. The standard InChI is InChI=1S/C11H11ClF3NO/c1-3-7-4-8(11(13,14)15)9(12)5-10(7)16-6(2)17/h4-5H,3H2,1-2H3,(H,16,17). The van der Waals surface area contributed by atoms with Crippen molar-refractivity contribution in [3.63, 3.8) is 0 Å². The second kappa shape index (κ2) is 4.96. The molecule has 0 spiro atoms. The van der Waals surface area contributed by atoms with Gasteiger partial charge in [0.2, 0.25) is 5.91 Å². The summed E-state index contributed by atoms with van der Waals surface area (Å²) in [5.41, 5.74) is -0.167. The fourth-order valence-corrected chi connectivity index (χ4v) is 1.70. The number of anilines is 1. The Morgan fingerprint density at radius 2 is 2.00 bits per heavy atom. The Bertz CT molecular complexity index is 443. The predicted molar refractivity (Wildman–Crippen MR) is 60.1 cm³/mol. The van der Waals surface area contributed by atoms with Crippen LogP contribution in [0.4, 0.5) is 18.9 Å². The van der Waals surface area contributed by atoms with Gasteiger partial charge in [0.25, 0.3) is 0 Å². The first kappa shape index (κ1) is 13.8. The van der Waals surface area contributed by atoms with Gasteiger partial charge in [-0.25, -0.2) is 0 Å².